The summed E-state index contributed by atoms with van der Waals surface area (Å²) in [5, 5.41) is 6.27. The van der Waals surface area contributed by atoms with Crippen LogP contribution in [0.1, 0.15) is 12.5 Å². The highest BCUT2D eigenvalue weighted by molar-refractivity contribution is 6.33. The van der Waals surface area contributed by atoms with Gasteiger partial charge in [-0.3, -0.25) is 4.79 Å². The molecule has 1 amide bonds. The van der Waals surface area contributed by atoms with E-state index >= 15 is 0 Å². The molecule has 2 aromatic carbocycles. The Bertz CT molecular complexity index is 950. The maximum absolute atomic E-state index is 12.8. The number of hydrazone groups is 1. The summed E-state index contributed by atoms with van der Waals surface area (Å²) in [5.74, 6) is 0.988. The summed E-state index contributed by atoms with van der Waals surface area (Å²) in [5.41, 5.74) is 2.58. The highest BCUT2D eigenvalue weighted by Crippen LogP contribution is 2.31. The standard InChI is InChI=1S/C21H19ClN2O3/c1-4-10-27-19-9-8-15(12-20(19)26-3)11-18-14(2)23-24(21(18)25)17-7-5-6-16(22)13-17/h4-9,11-13H,1,10H2,2-3H3/b18-11+. The van der Waals surface area contributed by atoms with Crippen molar-refractivity contribution in [2.75, 3.05) is 18.7 Å². The summed E-state index contributed by atoms with van der Waals surface area (Å²) >= 11 is 6.02. The van der Waals surface area contributed by atoms with Crippen LogP contribution in [0.3, 0.4) is 0 Å². The Kier molecular flexibility index (Phi) is 5.62. The molecule has 0 aromatic heterocycles. The number of carbonyl (C=O) groups excluding carboxylic acids is 1. The average Bonchev–Trinajstić information content (AvgIpc) is 2.95. The van der Waals surface area contributed by atoms with Crippen LogP contribution < -0.4 is 14.5 Å². The first kappa shape index (κ1) is 18.7. The molecule has 3 rings (SSSR count). The first-order valence-electron chi connectivity index (χ1n) is 8.32. The summed E-state index contributed by atoms with van der Waals surface area (Å²) in [4.78, 5) is 12.8. The van der Waals surface area contributed by atoms with Gasteiger partial charge in [-0.2, -0.15) is 10.1 Å². The Balaban J connectivity index is 1.90. The molecule has 0 N–H and O–H groups in total. The molecule has 27 heavy (non-hydrogen) atoms. The molecule has 1 aliphatic rings. The molecule has 0 unspecified atom stereocenters. The highest BCUT2D eigenvalue weighted by atomic mass is 35.5. The molecule has 0 saturated carbocycles. The summed E-state index contributed by atoms with van der Waals surface area (Å²) in [6, 6.07) is 12.5. The van der Waals surface area contributed by atoms with Crippen molar-refractivity contribution in [3.05, 3.63) is 71.3 Å². The molecule has 1 heterocycles. The van der Waals surface area contributed by atoms with Gasteiger partial charge in [-0.05, 0) is 48.9 Å². The van der Waals surface area contributed by atoms with Crippen molar-refractivity contribution in [3.8, 4) is 11.5 Å². The average molecular weight is 383 g/mol. The summed E-state index contributed by atoms with van der Waals surface area (Å²) in [6.45, 7) is 5.82. The molecule has 0 bridgehead atoms. The van der Waals surface area contributed by atoms with Crippen LogP contribution in [0, 0.1) is 0 Å². The lowest BCUT2D eigenvalue weighted by Gasteiger charge is -2.12. The van der Waals surface area contributed by atoms with Crippen LogP contribution in [0.4, 0.5) is 5.69 Å². The molecule has 5 nitrogen and oxygen atoms in total. The maximum Gasteiger partial charge on any atom is 0.280 e. The van der Waals surface area contributed by atoms with Gasteiger partial charge >= 0.3 is 0 Å². The lowest BCUT2D eigenvalue weighted by molar-refractivity contribution is -0.114. The monoisotopic (exact) mass is 382 g/mol. The number of nitrogens with zero attached hydrogens (tertiary/aromatic N) is 2. The molecule has 0 atom stereocenters. The van der Waals surface area contributed by atoms with Crippen LogP contribution >= 0.6 is 11.6 Å². The topological polar surface area (TPSA) is 51.1 Å². The number of methoxy groups -OCH3 is 1. The van der Waals surface area contributed by atoms with Crippen molar-refractivity contribution >= 4 is 35.0 Å². The van der Waals surface area contributed by atoms with Crippen LogP contribution in [-0.4, -0.2) is 25.3 Å². The smallest absolute Gasteiger partial charge is 0.280 e. The van der Waals surface area contributed by atoms with Gasteiger partial charge in [0.25, 0.3) is 5.91 Å². The van der Waals surface area contributed by atoms with Gasteiger partial charge < -0.3 is 9.47 Å². The fourth-order valence-electron chi connectivity index (χ4n) is 2.68. The van der Waals surface area contributed by atoms with E-state index in [9.17, 15) is 4.79 Å². The molecule has 138 valence electrons. The Morgan fingerprint density at radius 1 is 1.22 bits per heavy atom. The van der Waals surface area contributed by atoms with Crippen molar-refractivity contribution in [1.82, 2.24) is 0 Å². The van der Waals surface area contributed by atoms with Crippen molar-refractivity contribution in [3.63, 3.8) is 0 Å². The zero-order valence-electron chi connectivity index (χ0n) is 15.1. The molecule has 2 aromatic rings. The van der Waals surface area contributed by atoms with Crippen molar-refractivity contribution < 1.29 is 14.3 Å². The van der Waals surface area contributed by atoms with E-state index in [-0.39, 0.29) is 5.91 Å². The van der Waals surface area contributed by atoms with E-state index in [4.69, 9.17) is 21.1 Å². The Morgan fingerprint density at radius 3 is 2.74 bits per heavy atom. The number of carbonyl (C=O) groups is 1. The number of amides is 1. The van der Waals surface area contributed by atoms with Gasteiger partial charge in [0, 0.05) is 5.02 Å². The number of benzene rings is 2. The van der Waals surface area contributed by atoms with E-state index in [0.717, 1.165) is 5.56 Å². The van der Waals surface area contributed by atoms with Gasteiger partial charge in [-0.1, -0.05) is 36.4 Å². The van der Waals surface area contributed by atoms with Crippen LogP contribution in [0.2, 0.25) is 5.02 Å². The quantitative estimate of drug-likeness (QED) is 0.536. The van der Waals surface area contributed by atoms with E-state index in [1.165, 1.54) is 5.01 Å². The number of hydrogen-bond acceptors (Lipinski definition) is 4. The molecule has 1 aliphatic heterocycles. The number of hydrogen-bond donors (Lipinski definition) is 0. The van der Waals surface area contributed by atoms with Crippen molar-refractivity contribution in [2.45, 2.75) is 6.92 Å². The molecule has 0 aliphatic carbocycles. The van der Waals surface area contributed by atoms with Gasteiger partial charge in [0.1, 0.15) is 6.61 Å². The predicted molar refractivity (Wildman–Crippen MR) is 109 cm³/mol. The molecule has 0 saturated heterocycles. The van der Waals surface area contributed by atoms with Crippen LogP contribution in [0.5, 0.6) is 11.5 Å². The Morgan fingerprint density at radius 2 is 2.04 bits per heavy atom. The van der Waals surface area contributed by atoms with E-state index in [0.29, 0.717) is 40.1 Å². The van der Waals surface area contributed by atoms with Gasteiger partial charge in [0.15, 0.2) is 11.5 Å². The van der Waals surface area contributed by atoms with Gasteiger partial charge in [-0.15, -0.1) is 0 Å². The second kappa shape index (κ2) is 8.10. The predicted octanol–water partition coefficient (Wildman–Crippen LogP) is 4.72. The van der Waals surface area contributed by atoms with E-state index < -0.39 is 0 Å². The summed E-state index contributed by atoms with van der Waals surface area (Å²) in [6.07, 6.45) is 3.45. The third-order valence-electron chi connectivity index (χ3n) is 3.97. The minimum absolute atomic E-state index is 0.208. The summed E-state index contributed by atoms with van der Waals surface area (Å²) < 4.78 is 10.9. The number of rotatable bonds is 6. The molecule has 0 radical (unpaired) electrons. The van der Waals surface area contributed by atoms with Gasteiger partial charge in [0.2, 0.25) is 0 Å². The van der Waals surface area contributed by atoms with Crippen LogP contribution in [0.25, 0.3) is 6.08 Å². The summed E-state index contributed by atoms with van der Waals surface area (Å²) in [7, 11) is 1.57. The lowest BCUT2D eigenvalue weighted by atomic mass is 10.1. The fraction of sp³-hybridized carbons (Fsp3) is 0.143. The SMILES string of the molecule is C=CCOc1ccc(/C=C2/C(=O)N(c3cccc(Cl)c3)N=C2C)cc1OC. The van der Waals surface area contributed by atoms with E-state index in [2.05, 4.69) is 11.7 Å². The lowest BCUT2D eigenvalue weighted by Crippen LogP contribution is -2.21. The first-order chi connectivity index (χ1) is 13.0. The second-order valence-electron chi connectivity index (χ2n) is 5.85. The normalized spacial score (nSPS) is 15.1. The van der Waals surface area contributed by atoms with Crippen LogP contribution in [-0.2, 0) is 4.79 Å². The number of halogens is 1. The Hall–Kier alpha value is -3.05. The molecule has 0 spiro atoms. The number of anilines is 1. The minimum atomic E-state index is -0.208. The third-order valence-corrected chi connectivity index (χ3v) is 4.21. The molecule has 6 heteroatoms. The van der Waals surface area contributed by atoms with E-state index in [1.807, 2.05) is 12.1 Å². The minimum Gasteiger partial charge on any atom is -0.493 e. The van der Waals surface area contributed by atoms with Crippen LogP contribution in [0.15, 0.2) is 65.8 Å². The van der Waals surface area contributed by atoms with Crippen molar-refractivity contribution in [1.29, 1.82) is 0 Å². The second-order valence-corrected chi connectivity index (χ2v) is 6.29. The molecular formula is C21H19ClN2O3. The molecular weight excluding hydrogens is 364 g/mol. The molecule has 0 fully saturated rings. The maximum atomic E-state index is 12.8. The highest BCUT2D eigenvalue weighted by Gasteiger charge is 2.28. The third kappa shape index (κ3) is 4.04. The zero-order chi connectivity index (χ0) is 19.4. The van der Waals surface area contributed by atoms with Crippen molar-refractivity contribution in [2.24, 2.45) is 5.10 Å². The first-order valence-corrected chi connectivity index (χ1v) is 8.70. The van der Waals surface area contributed by atoms with Gasteiger partial charge in [0.05, 0.1) is 24.1 Å². The fourth-order valence-corrected chi connectivity index (χ4v) is 2.86. The van der Waals surface area contributed by atoms with E-state index in [1.54, 1.807) is 56.5 Å². The van der Waals surface area contributed by atoms with Gasteiger partial charge in [-0.25, -0.2) is 0 Å². The Labute approximate surface area is 163 Å². The number of ether oxygens (including phenoxy) is 2. The largest absolute Gasteiger partial charge is 0.493 e. The zero-order valence-corrected chi connectivity index (χ0v) is 15.9.